The van der Waals surface area contributed by atoms with Crippen LogP contribution < -0.4 is 4.90 Å². The van der Waals surface area contributed by atoms with Gasteiger partial charge in [0.05, 0.1) is 17.4 Å². The lowest BCUT2D eigenvalue weighted by atomic mass is 10.2. The van der Waals surface area contributed by atoms with Gasteiger partial charge in [-0.1, -0.05) is 48.5 Å². The summed E-state index contributed by atoms with van der Waals surface area (Å²) in [5, 5.41) is 0. The molecule has 1 heterocycles. The maximum atomic E-state index is 12.7. The van der Waals surface area contributed by atoms with Gasteiger partial charge in [-0.25, -0.2) is 0 Å². The molecule has 3 rings (SSSR count). The average molecular weight is 331 g/mol. The van der Waals surface area contributed by atoms with Crippen LogP contribution in [0.3, 0.4) is 0 Å². The number of anilines is 2. The standard InChI is InChI=1S/C21H21N3O/c1-23(16-17-9-5-3-6-10-17)21(25)18-13-20(15-22-14-18)24(2)19-11-7-4-8-12-19/h3-15H,16H2,1-2H3. The van der Waals surface area contributed by atoms with Crippen LogP contribution in [0.4, 0.5) is 11.4 Å². The summed E-state index contributed by atoms with van der Waals surface area (Å²) >= 11 is 0. The zero-order chi connectivity index (χ0) is 17.6. The minimum Gasteiger partial charge on any atom is -0.343 e. The van der Waals surface area contributed by atoms with Crippen molar-refractivity contribution in [3.63, 3.8) is 0 Å². The Balaban J connectivity index is 1.77. The lowest BCUT2D eigenvalue weighted by Gasteiger charge is -2.21. The molecule has 1 amide bonds. The summed E-state index contributed by atoms with van der Waals surface area (Å²) in [6.07, 6.45) is 3.38. The van der Waals surface area contributed by atoms with E-state index in [2.05, 4.69) is 4.98 Å². The lowest BCUT2D eigenvalue weighted by Crippen LogP contribution is -2.26. The maximum Gasteiger partial charge on any atom is 0.255 e. The summed E-state index contributed by atoms with van der Waals surface area (Å²) in [6.45, 7) is 0.568. The number of hydrogen-bond acceptors (Lipinski definition) is 3. The van der Waals surface area contributed by atoms with E-state index in [1.54, 1.807) is 17.3 Å². The highest BCUT2D eigenvalue weighted by molar-refractivity contribution is 5.94. The van der Waals surface area contributed by atoms with E-state index in [9.17, 15) is 4.79 Å². The van der Waals surface area contributed by atoms with Crippen molar-refractivity contribution in [3.8, 4) is 0 Å². The first-order chi connectivity index (χ1) is 12.1. The van der Waals surface area contributed by atoms with Crippen molar-refractivity contribution in [2.45, 2.75) is 6.54 Å². The van der Waals surface area contributed by atoms with Crippen LogP contribution in [0.5, 0.6) is 0 Å². The summed E-state index contributed by atoms with van der Waals surface area (Å²) < 4.78 is 0. The van der Waals surface area contributed by atoms with Crippen LogP contribution in [-0.2, 0) is 6.54 Å². The number of amides is 1. The van der Waals surface area contributed by atoms with Crippen LogP contribution in [-0.4, -0.2) is 29.9 Å². The molecular weight excluding hydrogens is 310 g/mol. The summed E-state index contributed by atoms with van der Waals surface area (Å²) in [4.78, 5) is 20.7. The zero-order valence-electron chi connectivity index (χ0n) is 14.5. The molecule has 0 atom stereocenters. The second-order valence-corrected chi connectivity index (χ2v) is 5.97. The summed E-state index contributed by atoms with van der Waals surface area (Å²) in [5.41, 5.74) is 3.61. The highest BCUT2D eigenvalue weighted by atomic mass is 16.2. The Morgan fingerprint density at radius 3 is 2.20 bits per heavy atom. The van der Waals surface area contributed by atoms with Gasteiger partial charge < -0.3 is 9.80 Å². The van der Waals surface area contributed by atoms with Gasteiger partial charge in [0.25, 0.3) is 5.91 Å². The van der Waals surface area contributed by atoms with Crippen LogP contribution in [0.2, 0.25) is 0 Å². The quantitative estimate of drug-likeness (QED) is 0.705. The summed E-state index contributed by atoms with van der Waals surface area (Å²) in [5.74, 6) is -0.0420. The number of carbonyl (C=O) groups excluding carboxylic acids is 1. The second kappa shape index (κ2) is 7.62. The Bertz CT molecular complexity index is 834. The van der Waals surface area contributed by atoms with E-state index >= 15 is 0 Å². The van der Waals surface area contributed by atoms with Gasteiger partial charge >= 0.3 is 0 Å². The first-order valence-corrected chi connectivity index (χ1v) is 8.18. The molecule has 2 aromatic carbocycles. The van der Waals surface area contributed by atoms with E-state index < -0.39 is 0 Å². The van der Waals surface area contributed by atoms with Crippen LogP contribution in [0.25, 0.3) is 0 Å². The summed E-state index contributed by atoms with van der Waals surface area (Å²) in [6, 6.07) is 21.8. The van der Waals surface area contributed by atoms with Crippen molar-refractivity contribution in [1.29, 1.82) is 0 Å². The number of rotatable bonds is 5. The van der Waals surface area contributed by atoms with Gasteiger partial charge in [0, 0.05) is 32.5 Å². The SMILES string of the molecule is CN(Cc1ccccc1)C(=O)c1cncc(N(C)c2ccccc2)c1. The molecule has 25 heavy (non-hydrogen) atoms. The third kappa shape index (κ3) is 4.04. The molecule has 0 saturated carbocycles. The zero-order valence-corrected chi connectivity index (χ0v) is 14.5. The molecule has 0 saturated heterocycles. The third-order valence-corrected chi connectivity index (χ3v) is 4.11. The second-order valence-electron chi connectivity index (χ2n) is 5.97. The normalized spacial score (nSPS) is 10.3. The number of benzene rings is 2. The molecule has 0 spiro atoms. The molecule has 1 aromatic heterocycles. The van der Waals surface area contributed by atoms with Crippen molar-refractivity contribution in [2.75, 3.05) is 19.0 Å². The highest BCUT2D eigenvalue weighted by Gasteiger charge is 2.14. The maximum absolute atomic E-state index is 12.7. The minimum absolute atomic E-state index is 0.0420. The Kier molecular flexibility index (Phi) is 5.09. The van der Waals surface area contributed by atoms with Crippen molar-refractivity contribution in [1.82, 2.24) is 9.88 Å². The molecule has 3 aromatic rings. The Hall–Kier alpha value is -3.14. The molecule has 0 aliphatic rings. The number of para-hydroxylation sites is 1. The van der Waals surface area contributed by atoms with Gasteiger partial charge in [-0.05, 0) is 23.8 Å². The Morgan fingerprint density at radius 1 is 0.880 bits per heavy atom. The highest BCUT2D eigenvalue weighted by Crippen LogP contribution is 2.23. The van der Waals surface area contributed by atoms with Crippen LogP contribution >= 0.6 is 0 Å². The van der Waals surface area contributed by atoms with E-state index in [1.807, 2.05) is 85.7 Å². The fourth-order valence-electron chi connectivity index (χ4n) is 2.68. The number of nitrogens with zero attached hydrogens (tertiary/aromatic N) is 3. The smallest absolute Gasteiger partial charge is 0.255 e. The molecule has 0 radical (unpaired) electrons. The Morgan fingerprint density at radius 2 is 1.52 bits per heavy atom. The van der Waals surface area contributed by atoms with Crippen molar-refractivity contribution in [3.05, 3.63) is 90.3 Å². The monoisotopic (exact) mass is 331 g/mol. The predicted molar refractivity (Wildman–Crippen MR) is 101 cm³/mol. The molecule has 4 heteroatoms. The molecule has 0 fully saturated rings. The van der Waals surface area contributed by atoms with Crippen LogP contribution in [0, 0.1) is 0 Å². The van der Waals surface area contributed by atoms with Crippen molar-refractivity contribution in [2.24, 2.45) is 0 Å². The third-order valence-electron chi connectivity index (χ3n) is 4.11. The van der Waals surface area contributed by atoms with Gasteiger partial charge in [-0.15, -0.1) is 0 Å². The first-order valence-electron chi connectivity index (χ1n) is 8.18. The fraction of sp³-hybridized carbons (Fsp3) is 0.143. The van der Waals surface area contributed by atoms with Crippen LogP contribution in [0.1, 0.15) is 15.9 Å². The van der Waals surface area contributed by atoms with Crippen molar-refractivity contribution < 1.29 is 4.79 Å². The lowest BCUT2D eigenvalue weighted by molar-refractivity contribution is 0.0784. The van der Waals surface area contributed by atoms with E-state index in [4.69, 9.17) is 0 Å². The minimum atomic E-state index is -0.0420. The Labute approximate surface area is 148 Å². The molecule has 0 aliphatic heterocycles. The first kappa shape index (κ1) is 16.7. The van der Waals surface area contributed by atoms with E-state index in [0.717, 1.165) is 16.9 Å². The van der Waals surface area contributed by atoms with Gasteiger partial charge in [0.1, 0.15) is 0 Å². The molecule has 0 N–H and O–H groups in total. The number of hydrogen-bond donors (Lipinski definition) is 0. The average Bonchev–Trinajstić information content (AvgIpc) is 2.68. The van der Waals surface area contributed by atoms with E-state index in [1.165, 1.54) is 0 Å². The number of aromatic nitrogens is 1. The topological polar surface area (TPSA) is 36.4 Å². The van der Waals surface area contributed by atoms with Gasteiger partial charge in [-0.3, -0.25) is 9.78 Å². The number of pyridine rings is 1. The molecule has 4 nitrogen and oxygen atoms in total. The predicted octanol–water partition coefficient (Wildman–Crippen LogP) is 4.12. The molecular formula is C21H21N3O. The van der Waals surface area contributed by atoms with Gasteiger partial charge in [0.2, 0.25) is 0 Å². The molecule has 0 aliphatic carbocycles. The molecule has 126 valence electrons. The molecule has 0 bridgehead atoms. The number of carbonyl (C=O) groups is 1. The fourth-order valence-corrected chi connectivity index (χ4v) is 2.68. The summed E-state index contributed by atoms with van der Waals surface area (Å²) in [7, 11) is 3.78. The van der Waals surface area contributed by atoms with E-state index in [-0.39, 0.29) is 5.91 Å². The molecule has 0 unspecified atom stereocenters. The van der Waals surface area contributed by atoms with Gasteiger partial charge in [0.15, 0.2) is 0 Å². The van der Waals surface area contributed by atoms with Crippen LogP contribution in [0.15, 0.2) is 79.1 Å². The van der Waals surface area contributed by atoms with E-state index in [0.29, 0.717) is 12.1 Å². The van der Waals surface area contributed by atoms with Gasteiger partial charge in [-0.2, -0.15) is 0 Å². The largest absolute Gasteiger partial charge is 0.343 e. The van der Waals surface area contributed by atoms with Crippen molar-refractivity contribution >= 4 is 17.3 Å².